The van der Waals surface area contributed by atoms with Gasteiger partial charge in [0.05, 0.1) is 0 Å². The lowest BCUT2D eigenvalue weighted by molar-refractivity contribution is 0.102. The van der Waals surface area contributed by atoms with E-state index in [1.807, 2.05) is 24.3 Å². The Bertz CT molecular complexity index is 625. The van der Waals surface area contributed by atoms with Gasteiger partial charge in [-0.3, -0.25) is 4.79 Å². The van der Waals surface area contributed by atoms with Gasteiger partial charge in [0.25, 0.3) is 5.91 Å². The van der Waals surface area contributed by atoms with Crippen molar-refractivity contribution in [3.8, 4) is 11.5 Å². The molecule has 0 atom stereocenters. The fourth-order valence-corrected chi connectivity index (χ4v) is 2.13. The summed E-state index contributed by atoms with van der Waals surface area (Å²) in [6.45, 7) is 0.206. The van der Waals surface area contributed by atoms with Crippen LogP contribution in [-0.2, 0) is 0 Å². The van der Waals surface area contributed by atoms with Gasteiger partial charge < -0.3 is 14.8 Å². The Morgan fingerprint density at radius 2 is 1.79 bits per heavy atom. The highest BCUT2D eigenvalue weighted by molar-refractivity contribution is 14.1. The van der Waals surface area contributed by atoms with Gasteiger partial charge in [0.2, 0.25) is 6.79 Å². The number of benzene rings is 2. The van der Waals surface area contributed by atoms with Crippen molar-refractivity contribution in [1.82, 2.24) is 0 Å². The Balaban J connectivity index is 1.78. The van der Waals surface area contributed by atoms with E-state index in [2.05, 4.69) is 27.9 Å². The lowest BCUT2D eigenvalue weighted by atomic mass is 10.2. The molecular weight excluding hydrogens is 357 g/mol. The van der Waals surface area contributed by atoms with Crippen LogP contribution in [0.3, 0.4) is 0 Å². The maximum absolute atomic E-state index is 12.1. The summed E-state index contributed by atoms with van der Waals surface area (Å²) in [6.07, 6.45) is 0. The summed E-state index contributed by atoms with van der Waals surface area (Å²) in [7, 11) is 0. The molecule has 1 aliphatic rings. The molecule has 0 spiro atoms. The Labute approximate surface area is 123 Å². The van der Waals surface area contributed by atoms with Crippen molar-refractivity contribution < 1.29 is 14.3 Å². The molecule has 19 heavy (non-hydrogen) atoms. The Kier molecular flexibility index (Phi) is 3.29. The van der Waals surface area contributed by atoms with E-state index in [-0.39, 0.29) is 12.7 Å². The van der Waals surface area contributed by atoms with Crippen LogP contribution in [0.15, 0.2) is 42.5 Å². The standard InChI is InChI=1S/C14H10INO3/c15-10-2-4-11(5-3-10)16-14(17)9-1-6-12-13(7-9)19-8-18-12/h1-7H,8H2,(H,16,17). The van der Waals surface area contributed by atoms with Gasteiger partial charge in [0.1, 0.15) is 0 Å². The number of ether oxygens (including phenoxy) is 2. The minimum absolute atomic E-state index is 0.167. The summed E-state index contributed by atoms with van der Waals surface area (Å²) in [6, 6.07) is 12.8. The summed E-state index contributed by atoms with van der Waals surface area (Å²) >= 11 is 2.22. The monoisotopic (exact) mass is 367 g/mol. The first kappa shape index (κ1) is 12.3. The molecule has 2 aromatic carbocycles. The fraction of sp³-hybridized carbons (Fsp3) is 0.0714. The van der Waals surface area contributed by atoms with Crippen LogP contribution in [0.2, 0.25) is 0 Å². The second-order valence-electron chi connectivity index (χ2n) is 4.03. The molecule has 0 saturated carbocycles. The quantitative estimate of drug-likeness (QED) is 0.829. The molecule has 0 fully saturated rings. The number of rotatable bonds is 2. The predicted octanol–water partition coefficient (Wildman–Crippen LogP) is 3.27. The second-order valence-corrected chi connectivity index (χ2v) is 5.27. The molecule has 3 rings (SSSR count). The molecule has 0 radical (unpaired) electrons. The van der Waals surface area contributed by atoms with E-state index in [0.717, 1.165) is 9.26 Å². The summed E-state index contributed by atoms with van der Waals surface area (Å²) in [5.74, 6) is 1.11. The zero-order chi connectivity index (χ0) is 13.2. The van der Waals surface area contributed by atoms with Crippen molar-refractivity contribution in [1.29, 1.82) is 0 Å². The second kappa shape index (κ2) is 5.08. The van der Waals surface area contributed by atoms with Crippen molar-refractivity contribution >= 4 is 34.2 Å². The molecule has 0 unspecified atom stereocenters. The fourth-order valence-electron chi connectivity index (χ4n) is 1.77. The third-order valence-electron chi connectivity index (χ3n) is 2.74. The molecule has 0 aliphatic carbocycles. The molecule has 5 heteroatoms. The number of carbonyl (C=O) groups is 1. The van der Waals surface area contributed by atoms with Crippen molar-refractivity contribution in [2.75, 3.05) is 12.1 Å². The maximum atomic E-state index is 12.1. The van der Waals surface area contributed by atoms with Crippen LogP contribution in [0.1, 0.15) is 10.4 Å². The van der Waals surface area contributed by atoms with Crippen LogP contribution in [0, 0.1) is 3.57 Å². The number of carbonyl (C=O) groups excluding carboxylic acids is 1. The van der Waals surface area contributed by atoms with Crippen molar-refractivity contribution in [3.05, 3.63) is 51.6 Å². The topological polar surface area (TPSA) is 47.6 Å². The average molecular weight is 367 g/mol. The summed E-state index contributed by atoms with van der Waals surface area (Å²) < 4.78 is 11.6. The van der Waals surface area contributed by atoms with Gasteiger partial charge in [0.15, 0.2) is 11.5 Å². The molecule has 2 aromatic rings. The third kappa shape index (κ3) is 2.65. The van der Waals surface area contributed by atoms with Crippen LogP contribution in [0.25, 0.3) is 0 Å². The van der Waals surface area contributed by atoms with E-state index >= 15 is 0 Å². The highest BCUT2D eigenvalue weighted by atomic mass is 127. The summed E-state index contributed by atoms with van der Waals surface area (Å²) in [4.78, 5) is 12.1. The van der Waals surface area contributed by atoms with Gasteiger partial charge in [-0.1, -0.05) is 0 Å². The number of hydrogen-bond acceptors (Lipinski definition) is 3. The average Bonchev–Trinajstić information content (AvgIpc) is 2.88. The summed E-state index contributed by atoms with van der Waals surface area (Å²) in [5, 5.41) is 2.84. The lowest BCUT2D eigenvalue weighted by Crippen LogP contribution is -2.11. The molecule has 96 valence electrons. The number of nitrogens with one attached hydrogen (secondary N) is 1. The highest BCUT2D eigenvalue weighted by Crippen LogP contribution is 2.32. The van der Waals surface area contributed by atoms with Gasteiger partial charge in [0, 0.05) is 14.8 Å². The first-order chi connectivity index (χ1) is 9.22. The van der Waals surface area contributed by atoms with E-state index in [9.17, 15) is 4.79 Å². The van der Waals surface area contributed by atoms with Crippen molar-refractivity contribution in [2.45, 2.75) is 0 Å². The molecule has 0 saturated heterocycles. The van der Waals surface area contributed by atoms with Crippen LogP contribution in [0.4, 0.5) is 5.69 Å². The molecular formula is C14H10INO3. The number of hydrogen-bond donors (Lipinski definition) is 1. The third-order valence-corrected chi connectivity index (χ3v) is 3.46. The van der Waals surface area contributed by atoms with Crippen LogP contribution >= 0.6 is 22.6 Å². The first-order valence-electron chi connectivity index (χ1n) is 5.69. The smallest absolute Gasteiger partial charge is 0.255 e. The largest absolute Gasteiger partial charge is 0.454 e. The van der Waals surface area contributed by atoms with Crippen molar-refractivity contribution in [2.24, 2.45) is 0 Å². The zero-order valence-electron chi connectivity index (χ0n) is 9.85. The molecule has 1 aliphatic heterocycles. The van der Waals surface area contributed by atoms with Crippen molar-refractivity contribution in [3.63, 3.8) is 0 Å². The number of halogens is 1. The SMILES string of the molecule is O=C(Nc1ccc(I)cc1)c1ccc2c(c1)OCO2. The highest BCUT2D eigenvalue weighted by Gasteiger charge is 2.16. The molecule has 4 nitrogen and oxygen atoms in total. The number of fused-ring (bicyclic) bond motifs is 1. The molecule has 1 amide bonds. The molecule has 0 aromatic heterocycles. The van der Waals surface area contributed by atoms with Gasteiger partial charge in [-0.15, -0.1) is 0 Å². The molecule has 0 bridgehead atoms. The Hall–Kier alpha value is -1.76. The van der Waals surface area contributed by atoms with Gasteiger partial charge in [-0.25, -0.2) is 0 Å². The van der Waals surface area contributed by atoms with Crippen LogP contribution in [-0.4, -0.2) is 12.7 Å². The zero-order valence-corrected chi connectivity index (χ0v) is 12.0. The van der Waals surface area contributed by atoms with E-state index in [1.54, 1.807) is 18.2 Å². The van der Waals surface area contributed by atoms with Gasteiger partial charge >= 0.3 is 0 Å². The van der Waals surface area contributed by atoms with E-state index in [4.69, 9.17) is 9.47 Å². The first-order valence-corrected chi connectivity index (χ1v) is 6.77. The minimum Gasteiger partial charge on any atom is -0.454 e. The normalized spacial score (nSPS) is 12.3. The Morgan fingerprint density at radius 1 is 1.05 bits per heavy atom. The van der Waals surface area contributed by atoms with E-state index < -0.39 is 0 Å². The van der Waals surface area contributed by atoms with E-state index in [1.165, 1.54) is 0 Å². The van der Waals surface area contributed by atoms with Gasteiger partial charge in [-0.05, 0) is 65.1 Å². The Morgan fingerprint density at radius 3 is 2.58 bits per heavy atom. The number of anilines is 1. The predicted molar refractivity (Wildman–Crippen MR) is 79.7 cm³/mol. The minimum atomic E-state index is -0.167. The number of amides is 1. The van der Waals surface area contributed by atoms with Gasteiger partial charge in [-0.2, -0.15) is 0 Å². The molecule has 1 N–H and O–H groups in total. The lowest BCUT2D eigenvalue weighted by Gasteiger charge is -2.06. The maximum Gasteiger partial charge on any atom is 0.255 e. The van der Waals surface area contributed by atoms with Crippen LogP contribution in [0.5, 0.6) is 11.5 Å². The van der Waals surface area contributed by atoms with Crippen LogP contribution < -0.4 is 14.8 Å². The summed E-state index contributed by atoms with van der Waals surface area (Å²) in [5.41, 5.74) is 1.31. The van der Waals surface area contributed by atoms with E-state index in [0.29, 0.717) is 17.1 Å². The molecule has 1 heterocycles.